The quantitative estimate of drug-likeness (QED) is 0.123. The summed E-state index contributed by atoms with van der Waals surface area (Å²) in [4.78, 5) is 13.1. The van der Waals surface area contributed by atoms with Crippen LogP contribution in [0.1, 0.15) is 29.8 Å². The Hall–Kier alpha value is -6.40. The number of hydrogen-bond donors (Lipinski definition) is 1. The van der Waals surface area contributed by atoms with Gasteiger partial charge in [-0.3, -0.25) is 13.4 Å². The summed E-state index contributed by atoms with van der Waals surface area (Å²) < 4.78 is 201. The second-order valence-electron chi connectivity index (χ2n) is 15.5. The van der Waals surface area contributed by atoms with Crippen molar-refractivity contribution in [1.29, 1.82) is 0 Å². The monoisotopic (exact) mass is 1080 g/mol. The molecule has 8 rings (SSSR count). The van der Waals surface area contributed by atoms with Crippen molar-refractivity contribution >= 4 is 50.1 Å². The number of amides is 1. The molecule has 1 amide bonds. The largest absolute Gasteiger partial charge is 0.470 e. The van der Waals surface area contributed by atoms with E-state index in [1.165, 1.54) is 58.6 Å². The van der Waals surface area contributed by atoms with Crippen LogP contribution in [-0.2, 0) is 50.7 Å². The summed E-state index contributed by atoms with van der Waals surface area (Å²) in [6, 6.07) is 16.1. The predicted octanol–water partition coefficient (Wildman–Crippen LogP) is 7.06. The molecule has 2 saturated heterocycles. The minimum Gasteiger partial charge on any atom is -0.413 e. The summed E-state index contributed by atoms with van der Waals surface area (Å²) >= 11 is 0. The van der Waals surface area contributed by atoms with Gasteiger partial charge in [-0.1, -0.05) is 24.3 Å². The van der Waals surface area contributed by atoms with Gasteiger partial charge in [-0.05, 0) is 60.7 Å². The fourth-order valence-corrected chi connectivity index (χ4v) is 10.3. The van der Waals surface area contributed by atoms with Gasteiger partial charge in [0.15, 0.2) is 0 Å². The van der Waals surface area contributed by atoms with E-state index in [1.807, 2.05) is 0 Å². The fourth-order valence-electron chi connectivity index (χ4n) is 7.10. The number of halogens is 11. The molecule has 17 nitrogen and oxygen atoms in total. The Labute approximate surface area is 409 Å². The van der Waals surface area contributed by atoms with E-state index in [-0.39, 0.29) is 91.2 Å². The maximum atomic E-state index is 15.0. The maximum Gasteiger partial charge on any atom is 0.470 e. The number of rotatable bonds is 12. The number of nitrogens with one attached hydrogen (secondary N) is 1. The lowest BCUT2D eigenvalue weighted by atomic mass is 10.1. The molecule has 0 unspecified atom stereocenters. The first-order valence-corrected chi connectivity index (χ1v) is 23.6. The number of aromatic nitrogens is 4. The van der Waals surface area contributed by atoms with Gasteiger partial charge in [0.05, 0.1) is 24.5 Å². The van der Waals surface area contributed by atoms with E-state index in [4.69, 9.17) is 0 Å². The van der Waals surface area contributed by atoms with E-state index >= 15 is 4.39 Å². The summed E-state index contributed by atoms with van der Waals surface area (Å²) in [6.07, 6.45) is -9.73. The first-order valence-electron chi connectivity index (χ1n) is 20.8. The van der Waals surface area contributed by atoms with Gasteiger partial charge in [0.2, 0.25) is 17.7 Å². The zero-order chi connectivity index (χ0) is 51.5. The van der Waals surface area contributed by atoms with Crippen molar-refractivity contribution in [1.82, 2.24) is 39.2 Å². The zero-order valence-corrected chi connectivity index (χ0v) is 39.5. The molecular formula is C42H39ClF10N10O7S2. The van der Waals surface area contributed by atoms with Gasteiger partial charge >= 0.3 is 44.6 Å². The molecule has 6 aromatic rings. The Kier molecular flexibility index (Phi) is 16.9. The van der Waals surface area contributed by atoms with Crippen LogP contribution in [0.3, 0.4) is 0 Å². The maximum absolute atomic E-state index is 15.0. The summed E-state index contributed by atoms with van der Waals surface area (Å²) in [7, 11) is -8.46. The Morgan fingerprint density at radius 3 is 1.35 bits per heavy atom. The highest BCUT2D eigenvalue weighted by Crippen LogP contribution is 2.34. The molecule has 0 radical (unpaired) electrons. The van der Waals surface area contributed by atoms with Crippen LogP contribution in [-0.4, -0.2) is 109 Å². The van der Waals surface area contributed by atoms with E-state index < -0.39 is 92.7 Å². The smallest absolute Gasteiger partial charge is 0.413 e. The van der Waals surface area contributed by atoms with E-state index in [2.05, 4.69) is 34.5 Å². The Morgan fingerprint density at radius 1 is 0.597 bits per heavy atom. The van der Waals surface area contributed by atoms with Crippen molar-refractivity contribution in [2.24, 2.45) is 0 Å². The molecule has 0 bridgehead atoms. The highest BCUT2D eigenvalue weighted by molar-refractivity contribution is 7.90. The Bertz CT molecular complexity index is 3100. The molecule has 0 aliphatic carbocycles. The highest BCUT2D eigenvalue weighted by Gasteiger charge is 2.40. The molecule has 0 atom stereocenters. The van der Waals surface area contributed by atoms with Crippen LogP contribution in [0.15, 0.2) is 93.8 Å². The van der Waals surface area contributed by atoms with Crippen LogP contribution < -0.4 is 13.9 Å². The average Bonchev–Trinajstić information content (AvgIpc) is 4.04. The van der Waals surface area contributed by atoms with Crippen LogP contribution in [0, 0.1) is 23.3 Å². The highest BCUT2D eigenvalue weighted by atomic mass is 35.5. The third-order valence-electron chi connectivity index (χ3n) is 10.7. The van der Waals surface area contributed by atoms with Crippen LogP contribution in [0.4, 0.5) is 55.3 Å². The van der Waals surface area contributed by atoms with Crippen LogP contribution in [0.25, 0.3) is 22.9 Å². The van der Waals surface area contributed by atoms with Gasteiger partial charge in [0.1, 0.15) is 23.3 Å². The molecule has 388 valence electrons. The number of alkyl halides is 6. The third kappa shape index (κ3) is 12.8. The second kappa shape index (κ2) is 22.2. The number of benzene rings is 4. The first-order chi connectivity index (χ1) is 33.4. The van der Waals surface area contributed by atoms with E-state index in [9.17, 15) is 61.1 Å². The van der Waals surface area contributed by atoms with Gasteiger partial charge in [-0.15, -0.1) is 32.8 Å². The minimum atomic E-state index is -4.88. The number of carbonyl (C=O) groups excluding carboxylic acids is 1. The van der Waals surface area contributed by atoms with Gasteiger partial charge in [-0.2, -0.15) is 51.8 Å². The topological polar surface area (TPSA) is 191 Å². The molecule has 30 heteroatoms. The van der Waals surface area contributed by atoms with Crippen molar-refractivity contribution in [3.05, 3.63) is 131 Å². The molecule has 2 aliphatic heterocycles. The van der Waals surface area contributed by atoms with Crippen molar-refractivity contribution in [2.75, 3.05) is 61.0 Å². The third-order valence-corrected chi connectivity index (χ3v) is 14.6. The number of nitrogens with zero attached hydrogens (tertiary/aromatic N) is 9. The van der Waals surface area contributed by atoms with Crippen molar-refractivity contribution in [3.63, 3.8) is 0 Å². The Balaban J connectivity index is 0.000000233. The summed E-state index contributed by atoms with van der Waals surface area (Å²) in [5, 5.41) is 15.4. The molecule has 2 aromatic heterocycles. The molecule has 4 aromatic carbocycles. The number of carbonyl (C=O) groups is 1. The van der Waals surface area contributed by atoms with Crippen LogP contribution >= 0.6 is 12.4 Å². The SMILES string of the molecule is CC(=O)N1CCN(S(=O)(=O)N(Cc2ccc(-c3nnc(C(F)(F)F)o3)cc2F)c2cccc(F)c2)CC1.Cl.O=S(=O)(N1CCNCC1)N(Cc1ccc(-c2nnc(C(F)(F)F)o2)cc1F)c1cccc(F)c1. The lowest BCUT2D eigenvalue weighted by Crippen LogP contribution is -2.54. The summed E-state index contributed by atoms with van der Waals surface area (Å²) in [5.41, 5.74) is -0.578. The number of hydrogen-bond acceptors (Lipinski definition) is 12. The van der Waals surface area contributed by atoms with Gasteiger partial charge in [-0.25, -0.2) is 17.6 Å². The molecule has 72 heavy (non-hydrogen) atoms. The average molecular weight is 1090 g/mol. The molecular weight excluding hydrogens is 1050 g/mol. The normalized spacial score (nSPS) is 15.1. The number of anilines is 2. The Morgan fingerprint density at radius 2 is 1.00 bits per heavy atom. The summed E-state index contributed by atoms with van der Waals surface area (Å²) in [5.74, 6) is -7.76. The van der Waals surface area contributed by atoms with Crippen LogP contribution in [0.5, 0.6) is 0 Å². The standard InChI is InChI=1S/C22H20F5N5O4S.C20H18F5N5O3S.ClH/c1-14(33)30-7-9-31(10-8-30)37(34,35)32(18-4-2-3-17(23)12-18)13-16-6-5-15(11-19(16)24)20-28-29-21(36-20)22(25,26)27;21-15-2-1-3-16(11-15)30(34(31,32)29-8-6-26-7-9-29)12-14-5-4-13(10-17(14)22)18-27-28-19(33-18)20(23,24)25;/h2-6,11-12H,7-10,13H2,1H3;1-5,10-11,26H,6-9,12H2;1H. The lowest BCUT2D eigenvalue weighted by Gasteiger charge is -2.37. The molecule has 0 spiro atoms. The predicted molar refractivity (Wildman–Crippen MR) is 238 cm³/mol. The zero-order valence-electron chi connectivity index (χ0n) is 37.0. The van der Waals surface area contributed by atoms with E-state index in [0.717, 1.165) is 55.4 Å². The molecule has 2 fully saturated rings. The molecule has 4 heterocycles. The number of piperazine rings is 2. The van der Waals surface area contributed by atoms with Gasteiger partial charge < -0.3 is 19.1 Å². The fraction of sp³-hybridized carbons (Fsp3) is 0.310. The van der Waals surface area contributed by atoms with Gasteiger partial charge in [0.25, 0.3) is 0 Å². The first kappa shape index (κ1) is 54.9. The minimum absolute atomic E-state index is 0. The molecule has 0 saturated carbocycles. The van der Waals surface area contributed by atoms with E-state index in [0.29, 0.717) is 13.1 Å². The second-order valence-corrected chi connectivity index (χ2v) is 19.2. The van der Waals surface area contributed by atoms with Crippen LogP contribution in [0.2, 0.25) is 0 Å². The van der Waals surface area contributed by atoms with Crippen molar-refractivity contribution in [3.8, 4) is 22.9 Å². The molecule has 2 aliphatic rings. The van der Waals surface area contributed by atoms with Gasteiger partial charge in [0, 0.05) is 81.5 Å². The van der Waals surface area contributed by atoms with E-state index in [1.54, 1.807) is 0 Å². The lowest BCUT2D eigenvalue weighted by molar-refractivity contribution is -0.157. The summed E-state index contributed by atoms with van der Waals surface area (Å²) in [6.45, 7) is 1.78. The van der Waals surface area contributed by atoms with Crippen molar-refractivity contribution < 1.29 is 74.4 Å². The molecule has 1 N–H and O–H groups in total. The van der Waals surface area contributed by atoms with Crippen molar-refractivity contribution in [2.45, 2.75) is 32.4 Å².